The molecule has 1 aromatic rings. The lowest BCUT2D eigenvalue weighted by atomic mass is 9.97. The maximum absolute atomic E-state index is 10.6. The molecule has 0 spiro atoms. The molecule has 96 valence electrons. The molecule has 0 radical (unpaired) electrons. The van der Waals surface area contributed by atoms with E-state index in [-0.39, 0.29) is 17.4 Å². The maximum atomic E-state index is 10.6. The molecule has 6 heteroatoms. The third-order valence-corrected chi connectivity index (χ3v) is 2.69. The number of nitro groups is 1. The van der Waals surface area contributed by atoms with Gasteiger partial charge in [-0.25, -0.2) is 4.98 Å². The summed E-state index contributed by atoms with van der Waals surface area (Å²) >= 11 is 5.70. The number of rotatable bonds is 6. The SMILES string of the molecule is C=CCN=C(C[N+](=O)[O-])C(C)c1ccc(Cl)nc1. The van der Waals surface area contributed by atoms with Gasteiger partial charge in [0, 0.05) is 17.0 Å². The number of pyridine rings is 1. The Labute approximate surface area is 110 Å². The number of hydrogen-bond acceptors (Lipinski definition) is 4. The zero-order chi connectivity index (χ0) is 13.5. The Kier molecular flexibility index (Phi) is 5.45. The third kappa shape index (κ3) is 4.25. The summed E-state index contributed by atoms with van der Waals surface area (Å²) in [5.74, 6) is -0.167. The fourth-order valence-electron chi connectivity index (χ4n) is 1.47. The van der Waals surface area contributed by atoms with Gasteiger partial charge >= 0.3 is 0 Å². The number of nitrogens with zero attached hydrogens (tertiary/aromatic N) is 3. The second-order valence-electron chi connectivity index (χ2n) is 3.75. The van der Waals surface area contributed by atoms with Gasteiger partial charge in [0.2, 0.25) is 6.54 Å². The summed E-state index contributed by atoms with van der Waals surface area (Å²) in [6.07, 6.45) is 3.21. The quantitative estimate of drug-likeness (QED) is 0.262. The van der Waals surface area contributed by atoms with Crippen molar-refractivity contribution in [2.45, 2.75) is 12.8 Å². The predicted molar refractivity (Wildman–Crippen MR) is 72.0 cm³/mol. The average molecular weight is 268 g/mol. The van der Waals surface area contributed by atoms with Gasteiger partial charge in [0.15, 0.2) is 0 Å². The van der Waals surface area contributed by atoms with Gasteiger partial charge < -0.3 is 0 Å². The molecule has 18 heavy (non-hydrogen) atoms. The molecular weight excluding hydrogens is 254 g/mol. The topological polar surface area (TPSA) is 68.4 Å². The first-order valence-electron chi connectivity index (χ1n) is 5.42. The van der Waals surface area contributed by atoms with Gasteiger partial charge in [0.05, 0.1) is 12.3 Å². The Morgan fingerprint density at radius 2 is 2.44 bits per heavy atom. The van der Waals surface area contributed by atoms with E-state index in [0.717, 1.165) is 5.56 Å². The summed E-state index contributed by atoms with van der Waals surface area (Å²) in [5.41, 5.74) is 1.35. The summed E-state index contributed by atoms with van der Waals surface area (Å²) < 4.78 is 0. The van der Waals surface area contributed by atoms with Crippen molar-refractivity contribution in [1.82, 2.24) is 4.98 Å². The lowest BCUT2D eigenvalue weighted by molar-refractivity contribution is -0.463. The fraction of sp³-hybridized carbons (Fsp3) is 0.333. The van der Waals surface area contributed by atoms with E-state index in [4.69, 9.17) is 11.6 Å². The van der Waals surface area contributed by atoms with E-state index < -0.39 is 0 Å². The minimum Gasteiger partial charge on any atom is -0.283 e. The molecule has 0 N–H and O–H groups in total. The Hall–Kier alpha value is -1.75. The van der Waals surface area contributed by atoms with Crippen LogP contribution in [0.5, 0.6) is 0 Å². The van der Waals surface area contributed by atoms with Crippen LogP contribution in [0.25, 0.3) is 0 Å². The zero-order valence-corrected chi connectivity index (χ0v) is 10.8. The van der Waals surface area contributed by atoms with E-state index in [2.05, 4.69) is 16.6 Å². The van der Waals surface area contributed by atoms with Crippen LogP contribution in [0.15, 0.2) is 36.0 Å². The van der Waals surface area contributed by atoms with Crippen molar-refractivity contribution in [3.05, 3.63) is 51.8 Å². The van der Waals surface area contributed by atoms with E-state index in [9.17, 15) is 10.1 Å². The van der Waals surface area contributed by atoms with Crippen molar-refractivity contribution in [1.29, 1.82) is 0 Å². The van der Waals surface area contributed by atoms with Crippen LogP contribution in [-0.4, -0.2) is 28.7 Å². The van der Waals surface area contributed by atoms with Crippen LogP contribution in [0.1, 0.15) is 18.4 Å². The number of hydrogen-bond donors (Lipinski definition) is 0. The van der Waals surface area contributed by atoms with Gasteiger partial charge in [-0.15, -0.1) is 6.58 Å². The monoisotopic (exact) mass is 267 g/mol. The lowest BCUT2D eigenvalue weighted by Gasteiger charge is -2.12. The maximum Gasteiger partial charge on any atom is 0.241 e. The Bertz CT molecular complexity index is 457. The minimum atomic E-state index is -0.387. The van der Waals surface area contributed by atoms with E-state index in [1.807, 2.05) is 6.92 Å². The molecule has 5 nitrogen and oxygen atoms in total. The third-order valence-electron chi connectivity index (χ3n) is 2.46. The van der Waals surface area contributed by atoms with Crippen molar-refractivity contribution in [3.63, 3.8) is 0 Å². The van der Waals surface area contributed by atoms with Crippen LogP contribution in [-0.2, 0) is 0 Å². The molecular formula is C12H14ClN3O2. The smallest absolute Gasteiger partial charge is 0.241 e. The van der Waals surface area contributed by atoms with Gasteiger partial charge in [-0.1, -0.05) is 30.7 Å². The van der Waals surface area contributed by atoms with Crippen molar-refractivity contribution in [2.24, 2.45) is 4.99 Å². The largest absolute Gasteiger partial charge is 0.283 e. The van der Waals surface area contributed by atoms with E-state index >= 15 is 0 Å². The van der Waals surface area contributed by atoms with Crippen molar-refractivity contribution in [2.75, 3.05) is 13.1 Å². The first kappa shape index (κ1) is 14.3. The molecule has 0 saturated carbocycles. The van der Waals surface area contributed by atoms with Crippen LogP contribution in [0.4, 0.5) is 0 Å². The highest BCUT2D eigenvalue weighted by Gasteiger charge is 2.18. The lowest BCUT2D eigenvalue weighted by Crippen LogP contribution is -2.20. The Morgan fingerprint density at radius 3 is 2.94 bits per heavy atom. The van der Waals surface area contributed by atoms with E-state index in [1.54, 1.807) is 24.4 Å². The molecule has 1 atom stereocenters. The average Bonchev–Trinajstić information content (AvgIpc) is 2.34. The number of aliphatic imine (C=N–C) groups is 1. The second kappa shape index (κ2) is 6.86. The van der Waals surface area contributed by atoms with Gasteiger partial charge in [-0.05, 0) is 11.6 Å². The molecule has 0 aromatic carbocycles. The molecule has 0 amide bonds. The molecule has 1 aromatic heterocycles. The van der Waals surface area contributed by atoms with Crippen LogP contribution in [0.2, 0.25) is 5.15 Å². The van der Waals surface area contributed by atoms with Crippen molar-refractivity contribution in [3.8, 4) is 0 Å². The predicted octanol–water partition coefficient (Wildman–Crippen LogP) is 2.74. The molecule has 0 fully saturated rings. The van der Waals surface area contributed by atoms with Gasteiger partial charge in [-0.3, -0.25) is 15.1 Å². The first-order chi connectivity index (χ1) is 8.54. The molecule has 0 aliphatic carbocycles. The van der Waals surface area contributed by atoms with Crippen LogP contribution in [0, 0.1) is 10.1 Å². The molecule has 0 aliphatic rings. The second-order valence-corrected chi connectivity index (χ2v) is 4.13. The first-order valence-corrected chi connectivity index (χ1v) is 5.79. The van der Waals surface area contributed by atoms with E-state index in [1.165, 1.54) is 0 Å². The van der Waals surface area contributed by atoms with Gasteiger partial charge in [-0.2, -0.15) is 0 Å². The molecule has 1 unspecified atom stereocenters. The van der Waals surface area contributed by atoms with Crippen LogP contribution < -0.4 is 0 Å². The highest BCUT2D eigenvalue weighted by Crippen LogP contribution is 2.18. The zero-order valence-electron chi connectivity index (χ0n) is 10.0. The van der Waals surface area contributed by atoms with Crippen molar-refractivity contribution < 1.29 is 4.92 Å². The number of aromatic nitrogens is 1. The van der Waals surface area contributed by atoms with Gasteiger partial charge in [0.1, 0.15) is 5.15 Å². The number of halogens is 1. The normalized spacial score (nSPS) is 13.1. The molecule has 0 bridgehead atoms. The highest BCUT2D eigenvalue weighted by atomic mass is 35.5. The summed E-state index contributed by atoms with van der Waals surface area (Å²) in [5, 5.41) is 11.0. The fourth-order valence-corrected chi connectivity index (χ4v) is 1.59. The Morgan fingerprint density at radius 1 is 1.72 bits per heavy atom. The molecule has 0 aliphatic heterocycles. The standard InChI is InChI=1S/C12H14ClN3O2/c1-3-6-14-11(8-16(17)18)9(2)10-4-5-12(13)15-7-10/h3-5,7,9H,1,6,8H2,2H3. The Balaban J connectivity index is 2.93. The van der Waals surface area contributed by atoms with E-state index in [0.29, 0.717) is 17.4 Å². The summed E-state index contributed by atoms with van der Waals surface area (Å²) in [4.78, 5) is 18.4. The van der Waals surface area contributed by atoms with Crippen LogP contribution in [0.3, 0.4) is 0 Å². The van der Waals surface area contributed by atoms with Crippen molar-refractivity contribution >= 4 is 17.3 Å². The summed E-state index contributed by atoms with van der Waals surface area (Å²) in [7, 11) is 0. The van der Waals surface area contributed by atoms with Gasteiger partial charge in [0.25, 0.3) is 0 Å². The molecule has 1 rings (SSSR count). The summed E-state index contributed by atoms with van der Waals surface area (Å²) in [6, 6.07) is 3.45. The molecule has 1 heterocycles. The summed E-state index contributed by atoms with van der Waals surface area (Å²) in [6.45, 7) is 5.50. The molecule has 0 saturated heterocycles. The highest BCUT2D eigenvalue weighted by molar-refractivity contribution is 6.29. The minimum absolute atomic E-state index is 0.167. The van der Waals surface area contributed by atoms with Crippen LogP contribution >= 0.6 is 11.6 Å².